The molecule has 1 aromatic carbocycles. The molecule has 0 atom stereocenters. The average Bonchev–Trinajstić information content (AvgIpc) is 3.01. The average molecular weight is 437 g/mol. The summed E-state index contributed by atoms with van der Waals surface area (Å²) in [5.41, 5.74) is 0.821. The van der Waals surface area contributed by atoms with Crippen LogP contribution < -0.4 is 0 Å². The molecule has 5 nitrogen and oxygen atoms in total. The zero-order valence-corrected chi connectivity index (χ0v) is 20.4. The van der Waals surface area contributed by atoms with E-state index in [0.717, 1.165) is 45.3 Å². The van der Waals surface area contributed by atoms with Crippen LogP contribution in [0, 0.1) is 22.7 Å². The standard InChI is InChI=1S/C27H40N4O/c1-5-29(4)27(23-12-7-6-8-13-23)16-14-26(15-17-27)21-30(20-25(2,3)19-28)24(32)31(26)18-22-10-9-11-22/h6-8,12-13,22H,5,9-11,14-18,20-21H2,1-4H3/t26-,27-. The molecule has 1 aliphatic heterocycles. The minimum Gasteiger partial charge on any atom is -0.321 e. The molecule has 3 fully saturated rings. The Bertz CT molecular complexity index is 846. The van der Waals surface area contributed by atoms with Crippen LogP contribution in [-0.4, -0.2) is 59.5 Å². The van der Waals surface area contributed by atoms with E-state index in [2.05, 4.69) is 60.2 Å². The van der Waals surface area contributed by atoms with Crippen molar-refractivity contribution in [2.45, 2.75) is 76.8 Å². The van der Waals surface area contributed by atoms with Crippen molar-refractivity contribution in [3.05, 3.63) is 35.9 Å². The van der Waals surface area contributed by atoms with E-state index in [1.54, 1.807) is 0 Å². The molecule has 4 rings (SSSR count). The van der Waals surface area contributed by atoms with E-state index < -0.39 is 5.41 Å². The van der Waals surface area contributed by atoms with Gasteiger partial charge in [-0.1, -0.05) is 43.7 Å². The Balaban J connectivity index is 1.61. The molecule has 1 heterocycles. The molecular formula is C27H40N4O. The first-order chi connectivity index (χ1) is 15.3. The van der Waals surface area contributed by atoms with Crippen LogP contribution in [0.25, 0.3) is 0 Å². The van der Waals surface area contributed by atoms with Gasteiger partial charge in [0, 0.05) is 25.2 Å². The number of nitrogens with zero attached hydrogens (tertiary/aromatic N) is 4. The van der Waals surface area contributed by atoms with E-state index in [-0.39, 0.29) is 17.1 Å². The number of rotatable bonds is 7. The summed E-state index contributed by atoms with van der Waals surface area (Å²) in [7, 11) is 2.25. The molecule has 5 heteroatoms. The Hall–Kier alpha value is -2.06. The van der Waals surface area contributed by atoms with Crippen LogP contribution >= 0.6 is 0 Å². The van der Waals surface area contributed by atoms with Crippen molar-refractivity contribution >= 4 is 6.03 Å². The zero-order valence-electron chi connectivity index (χ0n) is 20.4. The van der Waals surface area contributed by atoms with E-state index in [4.69, 9.17) is 0 Å². The fourth-order valence-corrected chi connectivity index (χ4v) is 6.22. The number of amides is 2. The SMILES string of the molecule is CCN(C)[C@]1(c2ccccc2)CC[C@@]2(CC1)CN(CC(C)(C)C#N)C(=O)N2CC1CCC1. The quantitative estimate of drug-likeness (QED) is 0.588. The van der Waals surface area contributed by atoms with E-state index in [0.29, 0.717) is 12.5 Å². The fraction of sp³-hybridized carbons (Fsp3) is 0.704. The molecule has 174 valence electrons. The Morgan fingerprint density at radius 1 is 1.16 bits per heavy atom. The van der Waals surface area contributed by atoms with Gasteiger partial charge in [-0.25, -0.2) is 4.79 Å². The van der Waals surface area contributed by atoms with Gasteiger partial charge < -0.3 is 9.80 Å². The predicted molar refractivity (Wildman–Crippen MR) is 128 cm³/mol. The summed E-state index contributed by atoms with van der Waals surface area (Å²) in [6.45, 7) is 9.31. The molecule has 1 saturated heterocycles. The second-order valence-corrected chi connectivity index (χ2v) is 11.2. The van der Waals surface area contributed by atoms with Gasteiger partial charge in [0.2, 0.25) is 0 Å². The lowest BCUT2D eigenvalue weighted by Crippen LogP contribution is -2.57. The maximum Gasteiger partial charge on any atom is 0.320 e. The van der Waals surface area contributed by atoms with Crippen molar-refractivity contribution in [1.82, 2.24) is 14.7 Å². The van der Waals surface area contributed by atoms with Gasteiger partial charge in [0.15, 0.2) is 0 Å². The van der Waals surface area contributed by atoms with Crippen molar-refractivity contribution in [3.8, 4) is 6.07 Å². The van der Waals surface area contributed by atoms with Crippen molar-refractivity contribution in [3.63, 3.8) is 0 Å². The molecule has 2 aliphatic carbocycles. The van der Waals surface area contributed by atoms with Gasteiger partial charge in [-0.05, 0) is 77.4 Å². The second-order valence-electron chi connectivity index (χ2n) is 11.2. The third-order valence-corrected chi connectivity index (χ3v) is 8.64. The normalized spacial score (nSPS) is 28.9. The third kappa shape index (κ3) is 4.03. The van der Waals surface area contributed by atoms with Crippen LogP contribution in [0.2, 0.25) is 0 Å². The van der Waals surface area contributed by atoms with Crippen molar-refractivity contribution < 1.29 is 4.79 Å². The first-order valence-electron chi connectivity index (χ1n) is 12.5. The van der Waals surface area contributed by atoms with Gasteiger partial charge in [-0.15, -0.1) is 0 Å². The Morgan fingerprint density at radius 3 is 2.34 bits per heavy atom. The van der Waals surface area contributed by atoms with E-state index in [1.807, 2.05) is 18.7 Å². The summed E-state index contributed by atoms with van der Waals surface area (Å²) in [5, 5.41) is 9.58. The van der Waals surface area contributed by atoms with Crippen LogP contribution in [0.4, 0.5) is 4.79 Å². The maximum atomic E-state index is 13.6. The topological polar surface area (TPSA) is 50.6 Å². The molecule has 0 radical (unpaired) electrons. The van der Waals surface area contributed by atoms with Crippen molar-refractivity contribution in [1.29, 1.82) is 5.26 Å². The monoisotopic (exact) mass is 436 g/mol. The molecule has 0 unspecified atom stereocenters. The van der Waals surface area contributed by atoms with Crippen LogP contribution in [-0.2, 0) is 5.54 Å². The van der Waals surface area contributed by atoms with E-state index >= 15 is 0 Å². The van der Waals surface area contributed by atoms with Crippen molar-refractivity contribution in [2.75, 3.05) is 33.2 Å². The molecule has 3 aliphatic rings. The first kappa shape index (κ1) is 23.1. The second kappa shape index (κ2) is 8.71. The summed E-state index contributed by atoms with van der Waals surface area (Å²) >= 11 is 0. The number of nitriles is 1. The summed E-state index contributed by atoms with van der Waals surface area (Å²) < 4.78 is 0. The molecule has 0 N–H and O–H groups in total. The maximum absolute atomic E-state index is 13.6. The number of hydrogen-bond donors (Lipinski definition) is 0. The minimum absolute atomic E-state index is 0.0335. The highest BCUT2D eigenvalue weighted by molar-refractivity contribution is 5.78. The number of carbonyl (C=O) groups is 1. The van der Waals surface area contributed by atoms with Gasteiger partial charge in [0.25, 0.3) is 0 Å². The summed E-state index contributed by atoms with van der Waals surface area (Å²) in [4.78, 5) is 20.3. The van der Waals surface area contributed by atoms with Crippen LogP contribution in [0.1, 0.15) is 71.3 Å². The minimum atomic E-state index is -0.520. The molecular weight excluding hydrogens is 396 g/mol. The third-order valence-electron chi connectivity index (χ3n) is 8.64. The van der Waals surface area contributed by atoms with E-state index in [1.165, 1.54) is 24.8 Å². The highest BCUT2D eigenvalue weighted by Crippen LogP contribution is 2.50. The van der Waals surface area contributed by atoms with Crippen molar-refractivity contribution in [2.24, 2.45) is 11.3 Å². The number of carbonyl (C=O) groups excluding carboxylic acids is 1. The van der Waals surface area contributed by atoms with Gasteiger partial charge in [0.05, 0.1) is 17.0 Å². The number of hydrogen-bond acceptors (Lipinski definition) is 3. The Labute approximate surface area is 194 Å². The summed E-state index contributed by atoms with van der Waals surface area (Å²) in [5.74, 6) is 0.652. The lowest BCUT2D eigenvalue weighted by atomic mass is 9.67. The van der Waals surface area contributed by atoms with Gasteiger partial charge in [-0.3, -0.25) is 4.90 Å². The lowest BCUT2D eigenvalue weighted by Gasteiger charge is -2.52. The highest BCUT2D eigenvalue weighted by Gasteiger charge is 2.55. The molecule has 1 spiro atoms. The predicted octanol–water partition coefficient (Wildman–Crippen LogP) is 5.23. The first-order valence-corrected chi connectivity index (χ1v) is 12.5. The zero-order chi connectivity index (χ0) is 23.0. The summed E-state index contributed by atoms with van der Waals surface area (Å²) in [6.07, 6.45) is 7.95. The molecule has 1 aromatic rings. The number of benzene rings is 1. The Morgan fingerprint density at radius 2 is 1.81 bits per heavy atom. The molecule has 0 aromatic heterocycles. The smallest absolute Gasteiger partial charge is 0.320 e. The van der Waals surface area contributed by atoms with Crippen LogP contribution in [0.5, 0.6) is 0 Å². The summed E-state index contributed by atoms with van der Waals surface area (Å²) in [6, 6.07) is 13.5. The van der Waals surface area contributed by atoms with Gasteiger partial charge >= 0.3 is 6.03 Å². The molecule has 0 bridgehead atoms. The van der Waals surface area contributed by atoms with Gasteiger partial charge in [-0.2, -0.15) is 5.26 Å². The lowest BCUT2D eigenvalue weighted by molar-refractivity contribution is 0.00687. The van der Waals surface area contributed by atoms with Crippen LogP contribution in [0.3, 0.4) is 0 Å². The molecule has 2 amide bonds. The largest absolute Gasteiger partial charge is 0.321 e. The highest BCUT2D eigenvalue weighted by atomic mass is 16.2. The van der Waals surface area contributed by atoms with Crippen LogP contribution in [0.15, 0.2) is 30.3 Å². The van der Waals surface area contributed by atoms with E-state index in [9.17, 15) is 10.1 Å². The molecule has 32 heavy (non-hydrogen) atoms. The number of urea groups is 1. The van der Waals surface area contributed by atoms with Gasteiger partial charge in [0.1, 0.15) is 0 Å². The molecule has 2 saturated carbocycles. The fourth-order valence-electron chi connectivity index (χ4n) is 6.22. The Kier molecular flexibility index (Phi) is 6.29.